The quantitative estimate of drug-likeness (QED) is 0.0342. The molecule has 9 rings (SSSR count). The van der Waals surface area contributed by atoms with Crippen LogP contribution in [-0.2, 0) is 77.4 Å². The van der Waals surface area contributed by atoms with Crippen molar-refractivity contribution in [2.24, 2.45) is 0 Å². The highest BCUT2D eigenvalue weighted by molar-refractivity contribution is 7.91. The Kier molecular flexibility index (Phi) is 25.8. The first-order valence-corrected chi connectivity index (χ1v) is 37.6. The van der Waals surface area contributed by atoms with Crippen LogP contribution in [0.3, 0.4) is 0 Å². The summed E-state index contributed by atoms with van der Waals surface area (Å²) >= 11 is 0. The maximum atomic E-state index is 13.1. The molecule has 0 N–H and O–H groups in total. The zero-order chi connectivity index (χ0) is 73.8. The van der Waals surface area contributed by atoms with Gasteiger partial charge in [0, 0.05) is 35.8 Å². The van der Waals surface area contributed by atoms with Crippen molar-refractivity contribution in [3.63, 3.8) is 0 Å². The predicted molar refractivity (Wildman–Crippen MR) is 366 cm³/mol. The molecule has 3 atom stereocenters. The number of alkyl halides is 3. The van der Waals surface area contributed by atoms with Crippen LogP contribution in [0.4, 0.5) is 30.2 Å². The molecule has 0 aliphatic carbocycles. The van der Waals surface area contributed by atoms with Gasteiger partial charge in [-0.1, -0.05) is 36.4 Å². The minimum atomic E-state index is -4.69. The third-order valence-electron chi connectivity index (χ3n) is 15.5. The van der Waals surface area contributed by atoms with Gasteiger partial charge in [-0.2, -0.15) is 13.2 Å². The molecule has 3 aliphatic rings. The topological polar surface area (TPSA) is 298 Å². The standard InChI is InChI=1S/C24H29NO7S.C23H24F3NO7S.C23H27NO7S/c1-6-31-22-12-16(9-10-21(22)30-4)20(14-33(5,28)29)25-19-11-18(24(27)32-15(2)3)8-7-17(19)13-23(25)26;1-4-33-20-10-14(7-8-19(20)32-2)18(12-35(3,30)31)27-17-9-16(6-5-15(17)11-21(27)28)22(29)34-13-23(24,25)26;1-5-30-21-12-15(9-10-20(21)29-3)19(14-32(4,27)28)24-18-11-17(23(26)31-6-2)8-7-16(18)13-22(24)25/h7-12,15,20H,6,13-14H2,1-5H3;5-10,18H,4,11-13H2,1-3H3;7-12,19H,5-6,13-14H2,1-4H3/t20-;18-;19-/m111/s1. The average Bonchev–Trinajstić information content (AvgIpc) is 1.61. The summed E-state index contributed by atoms with van der Waals surface area (Å²) in [6.07, 6.45) is -1.54. The highest BCUT2D eigenvalue weighted by Crippen LogP contribution is 2.44. The van der Waals surface area contributed by atoms with Gasteiger partial charge in [0.2, 0.25) is 17.7 Å². The predicted octanol–water partition coefficient (Wildman–Crippen LogP) is 9.77. The smallest absolute Gasteiger partial charge is 0.422 e. The summed E-state index contributed by atoms with van der Waals surface area (Å²) in [7, 11) is -6.07. The van der Waals surface area contributed by atoms with E-state index in [0.29, 0.717) is 99.1 Å². The molecule has 0 unspecified atom stereocenters. The summed E-state index contributed by atoms with van der Waals surface area (Å²) in [5.41, 5.74) is 5.17. The number of methoxy groups -OCH3 is 3. The molecular weight excluding hydrogens is 1370 g/mol. The highest BCUT2D eigenvalue weighted by Gasteiger charge is 2.41. The number of carbonyl (C=O) groups excluding carboxylic acids is 6. The van der Waals surface area contributed by atoms with Crippen molar-refractivity contribution in [1.82, 2.24) is 0 Å². The fourth-order valence-corrected chi connectivity index (χ4v) is 14.2. The van der Waals surface area contributed by atoms with Crippen LogP contribution in [0.15, 0.2) is 109 Å². The normalized spacial score (nSPS) is 14.3. The van der Waals surface area contributed by atoms with E-state index in [4.69, 9.17) is 37.9 Å². The van der Waals surface area contributed by atoms with E-state index in [9.17, 15) is 67.2 Å². The lowest BCUT2D eigenvalue weighted by Gasteiger charge is -2.29. The Hall–Kier alpha value is -9.42. The zero-order valence-corrected chi connectivity index (χ0v) is 59.7. The van der Waals surface area contributed by atoms with Crippen LogP contribution in [0.1, 0.15) is 124 Å². The van der Waals surface area contributed by atoms with Crippen LogP contribution >= 0.6 is 0 Å². The molecule has 0 saturated heterocycles. The number of hydrogen-bond acceptors (Lipinski definition) is 21. The zero-order valence-electron chi connectivity index (χ0n) is 57.3. The Bertz CT molecular complexity index is 4390. The molecule has 0 radical (unpaired) electrons. The van der Waals surface area contributed by atoms with Crippen molar-refractivity contribution in [1.29, 1.82) is 0 Å². The molecule has 3 amide bonds. The van der Waals surface area contributed by atoms with E-state index in [0.717, 1.165) is 29.9 Å². The monoisotopic (exact) mass is 1450 g/mol. The highest BCUT2D eigenvalue weighted by atomic mass is 32.2. The lowest BCUT2D eigenvalue weighted by atomic mass is 10.0. The number of sulfone groups is 3. The number of halogens is 3. The molecule has 0 bridgehead atoms. The summed E-state index contributed by atoms with van der Waals surface area (Å²) in [5.74, 6) is -1.49. The second kappa shape index (κ2) is 33.2. The number of fused-ring (bicyclic) bond motifs is 3. The Morgan fingerprint density at radius 2 is 0.730 bits per heavy atom. The maximum Gasteiger partial charge on any atom is 0.422 e. The van der Waals surface area contributed by atoms with Crippen molar-refractivity contribution in [2.45, 2.75) is 91.2 Å². The molecule has 540 valence electrons. The molecule has 0 fully saturated rings. The van der Waals surface area contributed by atoms with Gasteiger partial charge in [0.05, 0.1) is 125 Å². The molecule has 6 aromatic rings. The van der Waals surface area contributed by atoms with E-state index in [1.54, 1.807) is 119 Å². The van der Waals surface area contributed by atoms with Gasteiger partial charge in [-0.25, -0.2) is 39.6 Å². The number of benzene rings is 6. The van der Waals surface area contributed by atoms with E-state index < -0.39 is 90.0 Å². The summed E-state index contributed by atoms with van der Waals surface area (Å²) in [6, 6.07) is 26.1. The van der Waals surface area contributed by atoms with Crippen molar-refractivity contribution in [3.8, 4) is 34.5 Å². The van der Waals surface area contributed by atoms with E-state index in [1.807, 2.05) is 13.8 Å². The fraction of sp³-hybridized carbons (Fsp3) is 0.400. The Morgan fingerprint density at radius 3 is 0.990 bits per heavy atom. The van der Waals surface area contributed by atoms with Gasteiger partial charge in [0.15, 0.2) is 41.1 Å². The number of nitrogens with zero attached hydrogens (tertiary/aromatic N) is 3. The third-order valence-corrected chi connectivity index (χ3v) is 18.3. The van der Waals surface area contributed by atoms with Crippen LogP contribution in [0.5, 0.6) is 34.5 Å². The molecule has 0 spiro atoms. The van der Waals surface area contributed by atoms with Gasteiger partial charge in [0.25, 0.3) is 0 Å². The van der Waals surface area contributed by atoms with Gasteiger partial charge < -0.3 is 57.3 Å². The Balaban J connectivity index is 0.000000211. The molecular formula is C70H80F3N3O21S3. The van der Waals surface area contributed by atoms with Crippen LogP contribution in [-0.4, -0.2) is 164 Å². The van der Waals surface area contributed by atoms with Gasteiger partial charge in [0.1, 0.15) is 29.5 Å². The number of anilines is 3. The first kappa shape index (κ1) is 77.9. The lowest BCUT2D eigenvalue weighted by molar-refractivity contribution is -0.161. The SMILES string of the molecule is CCOC(=O)c1ccc2c(c1)N([C@H](CS(C)(=O)=O)c1ccc(OC)c(OCC)c1)C(=O)C2.CCOc1cc([C@@H](CS(C)(=O)=O)N2C(=O)Cc3ccc(C(=O)OC(C)C)cc32)ccc1OC.CCOc1cc([C@@H](CS(C)(=O)=O)N2C(=O)Cc3ccc(C(=O)OCC(F)(F)F)cc32)ccc1OC. The van der Waals surface area contributed by atoms with Gasteiger partial charge in [-0.15, -0.1) is 0 Å². The van der Waals surface area contributed by atoms with Crippen molar-refractivity contribution < 1.29 is 110 Å². The van der Waals surface area contributed by atoms with E-state index in [-0.39, 0.29) is 66.5 Å². The minimum absolute atomic E-state index is 0.0675. The summed E-state index contributed by atoms with van der Waals surface area (Å²) < 4.78 is 159. The van der Waals surface area contributed by atoms with Crippen molar-refractivity contribution in [3.05, 3.63) is 159 Å². The van der Waals surface area contributed by atoms with Crippen LogP contribution in [0, 0.1) is 0 Å². The molecule has 3 aliphatic heterocycles. The molecule has 0 saturated carbocycles. The van der Waals surface area contributed by atoms with E-state index in [1.165, 1.54) is 54.2 Å². The molecule has 6 aromatic carbocycles. The minimum Gasteiger partial charge on any atom is -0.493 e. The Labute approximate surface area is 579 Å². The average molecular weight is 1450 g/mol. The largest absolute Gasteiger partial charge is 0.493 e. The van der Waals surface area contributed by atoms with Crippen molar-refractivity contribution >= 4 is 82.2 Å². The van der Waals surface area contributed by atoms with Gasteiger partial charge >= 0.3 is 24.1 Å². The van der Waals surface area contributed by atoms with E-state index in [2.05, 4.69) is 4.74 Å². The van der Waals surface area contributed by atoms with Gasteiger partial charge in [-0.05, 0) is 148 Å². The number of carbonyl (C=O) groups is 6. The van der Waals surface area contributed by atoms with Gasteiger partial charge in [-0.3, -0.25) is 14.4 Å². The molecule has 3 heterocycles. The first-order valence-electron chi connectivity index (χ1n) is 31.5. The second-order valence-corrected chi connectivity index (χ2v) is 30.1. The second-order valence-electron chi connectivity index (χ2n) is 23.6. The number of ether oxygens (including phenoxy) is 9. The van der Waals surface area contributed by atoms with Crippen LogP contribution in [0.25, 0.3) is 0 Å². The molecule has 100 heavy (non-hydrogen) atoms. The van der Waals surface area contributed by atoms with Crippen LogP contribution in [0.2, 0.25) is 0 Å². The fourth-order valence-electron chi connectivity index (χ4n) is 11.4. The lowest BCUT2D eigenvalue weighted by Crippen LogP contribution is -2.36. The van der Waals surface area contributed by atoms with Crippen LogP contribution < -0.4 is 43.1 Å². The Morgan fingerprint density at radius 1 is 0.430 bits per heavy atom. The first-order chi connectivity index (χ1) is 47.0. The molecule has 30 heteroatoms. The number of esters is 3. The number of amides is 3. The third kappa shape index (κ3) is 20.2. The van der Waals surface area contributed by atoms with Crippen molar-refractivity contribution in [2.75, 3.05) is 105 Å². The number of hydrogen-bond donors (Lipinski definition) is 0. The maximum absolute atomic E-state index is 13.1. The summed E-state index contributed by atoms with van der Waals surface area (Å²) in [5, 5.41) is 0. The number of rotatable bonds is 27. The summed E-state index contributed by atoms with van der Waals surface area (Å²) in [6.45, 7) is 10.2. The van der Waals surface area contributed by atoms with E-state index >= 15 is 0 Å². The molecule has 24 nitrogen and oxygen atoms in total. The molecule has 0 aromatic heterocycles. The summed E-state index contributed by atoms with van der Waals surface area (Å²) in [4.78, 5) is 80.2.